The molecule has 57 heavy (non-hydrogen) atoms. The molecule has 0 radical (unpaired) electrons. The second-order valence-corrected chi connectivity index (χ2v) is 19.1. The Labute approximate surface area is 333 Å². The smallest absolute Gasteiger partial charge is 0.315 e. The number of ether oxygens (including phenoxy) is 1. The number of allylic oxidation sites excluding steroid dienone is 1. The molecule has 1 saturated heterocycles. The van der Waals surface area contributed by atoms with Crippen LogP contribution in [0.4, 0.5) is 4.79 Å². The first-order valence-electron chi connectivity index (χ1n) is 20.3. The number of para-hydroxylation sites is 1. The summed E-state index contributed by atoms with van der Waals surface area (Å²) in [4.78, 5) is 63.2. The Morgan fingerprint density at radius 1 is 1.00 bits per heavy atom. The molecule has 2 saturated carbocycles. The maximum absolute atomic E-state index is 14.8. The van der Waals surface area contributed by atoms with Gasteiger partial charge in [0, 0.05) is 29.8 Å². The second-order valence-electron chi connectivity index (χ2n) is 16.9. The minimum absolute atomic E-state index is 0.0820. The summed E-state index contributed by atoms with van der Waals surface area (Å²) in [6.07, 6.45) is 10.3. The fourth-order valence-electron chi connectivity index (χ4n) is 8.82. The molecule has 5 atom stereocenters. The molecule has 14 heteroatoms. The molecular formula is C43H52N6O7S. The van der Waals surface area contributed by atoms with Crippen LogP contribution in [0.3, 0.4) is 0 Å². The average Bonchev–Trinajstić information content (AvgIpc) is 4.08. The summed E-state index contributed by atoms with van der Waals surface area (Å²) in [6, 6.07) is 15.2. The number of carbonyl (C=O) groups excluding carboxylic acids is 4. The lowest BCUT2D eigenvalue weighted by Gasteiger charge is -2.36. The van der Waals surface area contributed by atoms with Gasteiger partial charge in [-0.15, -0.1) is 0 Å². The Morgan fingerprint density at radius 2 is 1.77 bits per heavy atom. The van der Waals surface area contributed by atoms with E-state index in [9.17, 15) is 27.6 Å². The second kappa shape index (κ2) is 15.1. The lowest BCUT2D eigenvalue weighted by molar-refractivity contribution is -0.141. The zero-order valence-electron chi connectivity index (χ0n) is 32.6. The predicted molar refractivity (Wildman–Crippen MR) is 215 cm³/mol. The van der Waals surface area contributed by atoms with Crippen LogP contribution in [0, 0.1) is 12.8 Å². The molecule has 4 heterocycles. The first kappa shape index (κ1) is 38.9. The predicted octanol–water partition coefficient (Wildman–Crippen LogP) is 4.51. The van der Waals surface area contributed by atoms with Crippen LogP contribution in [0.25, 0.3) is 10.9 Å². The van der Waals surface area contributed by atoms with Gasteiger partial charge in [-0.2, -0.15) is 0 Å². The summed E-state index contributed by atoms with van der Waals surface area (Å²) in [7, 11) is -3.98. The molecular weight excluding hydrogens is 745 g/mol. The third-order valence-corrected chi connectivity index (χ3v) is 14.9. The van der Waals surface area contributed by atoms with E-state index < -0.39 is 67.7 Å². The SMILES string of the molecule is Cc1nc2ccccc2c2c1O[C@]1(CC2)C[C@H]2C(=O)N[C@]3(C(=O)NS(=O)(=O)C4(C)CC4)C[C@H]3/C=C\CCCCC[C@H](NC(=O)NCCc3ccccc3)C(=O)N2C1. The fraction of sp³-hybridized carbons (Fsp3) is 0.512. The molecule has 13 nitrogen and oxygen atoms in total. The summed E-state index contributed by atoms with van der Waals surface area (Å²) < 4.78 is 34.6. The first-order chi connectivity index (χ1) is 27.3. The number of nitrogens with one attached hydrogen (secondary N) is 4. The van der Waals surface area contributed by atoms with Crippen molar-refractivity contribution >= 4 is 44.7 Å². The number of urea groups is 1. The average molecular weight is 797 g/mol. The van der Waals surface area contributed by atoms with Crippen molar-refractivity contribution in [2.75, 3.05) is 13.1 Å². The number of fused-ring (bicyclic) bond motifs is 5. The van der Waals surface area contributed by atoms with E-state index in [4.69, 9.17) is 9.72 Å². The number of amides is 5. The summed E-state index contributed by atoms with van der Waals surface area (Å²) in [5.41, 5.74) is 1.24. The minimum Gasteiger partial charge on any atom is -0.483 e. The van der Waals surface area contributed by atoms with E-state index in [2.05, 4.69) is 20.7 Å². The van der Waals surface area contributed by atoms with Gasteiger partial charge >= 0.3 is 6.03 Å². The minimum atomic E-state index is -3.98. The molecule has 4 N–H and O–H groups in total. The van der Waals surface area contributed by atoms with Gasteiger partial charge in [-0.1, -0.05) is 73.5 Å². The molecule has 3 fully saturated rings. The number of benzene rings is 2. The van der Waals surface area contributed by atoms with Crippen LogP contribution in [0.2, 0.25) is 0 Å². The van der Waals surface area contributed by atoms with Gasteiger partial charge < -0.3 is 25.6 Å². The van der Waals surface area contributed by atoms with Crippen molar-refractivity contribution in [3.05, 3.63) is 83.6 Å². The van der Waals surface area contributed by atoms with Gasteiger partial charge in [-0.3, -0.25) is 19.1 Å². The molecule has 5 amide bonds. The Hall–Kier alpha value is -4.98. The summed E-state index contributed by atoms with van der Waals surface area (Å²) in [5.74, 6) is -1.51. The zero-order valence-corrected chi connectivity index (χ0v) is 33.5. The van der Waals surface area contributed by atoms with Crippen molar-refractivity contribution in [1.29, 1.82) is 0 Å². The van der Waals surface area contributed by atoms with Gasteiger partial charge in [0.1, 0.15) is 29.0 Å². The van der Waals surface area contributed by atoms with Crippen LogP contribution in [0.5, 0.6) is 5.75 Å². The van der Waals surface area contributed by atoms with Crippen LogP contribution in [-0.4, -0.2) is 83.1 Å². The van der Waals surface area contributed by atoms with Crippen molar-refractivity contribution in [1.82, 2.24) is 30.6 Å². The number of aromatic nitrogens is 1. The molecule has 2 aliphatic carbocycles. The van der Waals surface area contributed by atoms with Crippen molar-refractivity contribution < 1.29 is 32.3 Å². The molecule has 1 aromatic heterocycles. The number of hydrogen-bond donors (Lipinski definition) is 4. The van der Waals surface area contributed by atoms with Crippen LogP contribution in [0.1, 0.15) is 88.0 Å². The lowest BCUT2D eigenvalue weighted by Crippen LogP contribution is -2.59. The number of hydrogen-bond acceptors (Lipinski definition) is 8. The quantitative estimate of drug-likeness (QED) is 0.253. The number of rotatable bonds is 7. The standard InChI is InChI=1S/C43H52N6O7S/c1-28-36-32(31-16-11-12-17-33(31)45-28)19-21-42(56-36)26-35-37(50)47-43(39(52)48-57(54,55)41(2)22-23-41)25-30(43)15-9-4-3-5-10-18-34(38(51)49(35)27-42)46-40(53)44-24-20-29-13-7-6-8-14-29/h6-9,11-17,30,34-35H,3-5,10,18-27H2,1-2H3,(H,47,50)(H,48,52)(H2,44,46,53)/b15-9-/t30-,34+,35+,42-,43-/m1/s1. The molecule has 8 rings (SSSR count). The molecule has 3 aromatic rings. The highest BCUT2D eigenvalue weighted by atomic mass is 32.2. The van der Waals surface area contributed by atoms with Gasteiger partial charge in [0.25, 0.3) is 5.91 Å². The lowest BCUT2D eigenvalue weighted by atomic mass is 9.87. The number of aryl methyl sites for hydroxylation is 2. The van der Waals surface area contributed by atoms with Gasteiger partial charge in [0.05, 0.1) is 22.5 Å². The number of pyridine rings is 1. The highest BCUT2D eigenvalue weighted by Gasteiger charge is 2.64. The van der Waals surface area contributed by atoms with Crippen molar-refractivity contribution in [2.24, 2.45) is 5.92 Å². The summed E-state index contributed by atoms with van der Waals surface area (Å²) in [6.45, 7) is 3.96. The van der Waals surface area contributed by atoms with Crippen molar-refractivity contribution in [3.63, 3.8) is 0 Å². The highest BCUT2D eigenvalue weighted by Crippen LogP contribution is 2.49. The monoisotopic (exact) mass is 796 g/mol. The summed E-state index contributed by atoms with van der Waals surface area (Å²) >= 11 is 0. The molecule has 5 aliphatic rings. The molecule has 1 spiro atoms. The molecule has 0 unspecified atom stereocenters. The number of carbonyl (C=O) groups is 4. The van der Waals surface area contributed by atoms with E-state index in [-0.39, 0.29) is 19.4 Å². The summed E-state index contributed by atoms with van der Waals surface area (Å²) in [5, 5.41) is 9.79. The van der Waals surface area contributed by atoms with E-state index in [1.807, 2.05) is 73.7 Å². The fourth-order valence-corrected chi connectivity index (χ4v) is 10.1. The largest absolute Gasteiger partial charge is 0.483 e. The van der Waals surface area contributed by atoms with Gasteiger partial charge in [-0.05, 0) is 83.3 Å². The van der Waals surface area contributed by atoms with Crippen LogP contribution >= 0.6 is 0 Å². The van der Waals surface area contributed by atoms with Crippen LogP contribution in [0.15, 0.2) is 66.7 Å². The number of nitrogens with zero attached hydrogens (tertiary/aromatic N) is 2. The maximum Gasteiger partial charge on any atom is 0.315 e. The van der Waals surface area contributed by atoms with E-state index in [1.165, 1.54) is 4.90 Å². The van der Waals surface area contributed by atoms with Gasteiger partial charge in [-0.25, -0.2) is 18.2 Å². The molecule has 0 bridgehead atoms. The third-order valence-electron chi connectivity index (χ3n) is 12.7. The molecule has 2 aromatic carbocycles. The zero-order chi connectivity index (χ0) is 40.0. The number of sulfonamides is 1. The Bertz CT molecular complexity index is 2230. The van der Waals surface area contributed by atoms with Crippen molar-refractivity contribution in [3.8, 4) is 5.75 Å². The van der Waals surface area contributed by atoms with Gasteiger partial charge in [0.15, 0.2) is 0 Å². The Kier molecular flexibility index (Phi) is 10.3. The van der Waals surface area contributed by atoms with E-state index in [0.717, 1.165) is 34.9 Å². The third kappa shape index (κ3) is 7.72. The van der Waals surface area contributed by atoms with Crippen molar-refractivity contribution in [2.45, 2.75) is 119 Å². The Balaban J connectivity index is 1.09. The Morgan fingerprint density at radius 3 is 2.56 bits per heavy atom. The molecule has 302 valence electrons. The van der Waals surface area contributed by atoms with Gasteiger partial charge in [0.2, 0.25) is 21.8 Å². The van der Waals surface area contributed by atoms with E-state index in [0.29, 0.717) is 69.4 Å². The van der Waals surface area contributed by atoms with E-state index in [1.54, 1.807) is 6.92 Å². The van der Waals surface area contributed by atoms with E-state index >= 15 is 0 Å². The van der Waals surface area contributed by atoms with Crippen LogP contribution < -0.4 is 25.4 Å². The molecule has 3 aliphatic heterocycles. The topological polar surface area (TPSA) is 176 Å². The highest BCUT2D eigenvalue weighted by molar-refractivity contribution is 7.91. The van der Waals surface area contributed by atoms with Crippen LogP contribution in [-0.2, 0) is 37.2 Å². The maximum atomic E-state index is 14.8. The first-order valence-corrected chi connectivity index (χ1v) is 21.8. The normalized spacial score (nSPS) is 28.7.